The molecule has 2 N–H and O–H groups in total. The van der Waals surface area contributed by atoms with Crippen LogP contribution in [0.1, 0.15) is 97.3 Å². The van der Waals surface area contributed by atoms with Crippen molar-refractivity contribution in [3.63, 3.8) is 0 Å². The van der Waals surface area contributed by atoms with E-state index in [0.29, 0.717) is 6.07 Å². The number of hydrogen-bond acceptors (Lipinski definition) is 4. The summed E-state index contributed by atoms with van der Waals surface area (Å²) >= 11 is 0. The molecule has 2 fully saturated rings. The van der Waals surface area contributed by atoms with Gasteiger partial charge >= 0.3 is 12.1 Å². The Bertz CT molecular complexity index is 2060. The van der Waals surface area contributed by atoms with Crippen LogP contribution in [0, 0.1) is 55.5 Å². The first kappa shape index (κ1) is 41.5. The van der Waals surface area contributed by atoms with E-state index in [4.69, 9.17) is 6.42 Å². The van der Waals surface area contributed by atoms with Crippen LogP contribution >= 0.6 is 0 Å². The Kier molecular flexibility index (Phi) is 11.9. The molecule has 0 bridgehead atoms. The molecule has 1 saturated carbocycles. The fourth-order valence-corrected chi connectivity index (χ4v) is 7.63. The third-order valence-electron chi connectivity index (χ3n) is 10.4. The molecule has 15 heteroatoms. The molecule has 5 rings (SSSR count). The normalized spacial score (nSPS) is 18.5. The van der Waals surface area contributed by atoms with Gasteiger partial charge in [-0.2, -0.15) is 13.2 Å². The van der Waals surface area contributed by atoms with Crippen molar-refractivity contribution in [2.45, 2.75) is 89.9 Å². The average molecular weight is 780 g/mol. The highest BCUT2D eigenvalue weighted by molar-refractivity contribution is 5.82. The van der Waals surface area contributed by atoms with E-state index in [2.05, 4.69) is 11.2 Å². The van der Waals surface area contributed by atoms with Gasteiger partial charge in [-0.3, -0.25) is 14.4 Å². The highest BCUT2D eigenvalue weighted by Crippen LogP contribution is 2.49. The second kappa shape index (κ2) is 15.8. The first-order chi connectivity index (χ1) is 25.6. The number of carboxylic acids is 1. The number of carbonyl (C=O) groups is 2. The van der Waals surface area contributed by atoms with E-state index in [-0.39, 0.29) is 79.1 Å². The van der Waals surface area contributed by atoms with E-state index in [1.54, 1.807) is 18.7 Å². The highest BCUT2D eigenvalue weighted by Gasteiger charge is 2.57. The van der Waals surface area contributed by atoms with Crippen molar-refractivity contribution in [1.82, 2.24) is 14.8 Å². The summed E-state index contributed by atoms with van der Waals surface area (Å²) in [6, 6.07) is 0.129. The van der Waals surface area contributed by atoms with Crippen LogP contribution in [0.5, 0.6) is 0 Å². The fourth-order valence-electron chi connectivity index (χ4n) is 7.63. The van der Waals surface area contributed by atoms with Crippen LogP contribution < -0.4 is 10.9 Å². The third-order valence-corrected chi connectivity index (χ3v) is 10.4. The SMILES string of the molecule is C#Cc1cc(-c2c(C)cc(F)cc2C)c(F)c([C@H](CC(=O)O)NC(=O)[C@@H](CC(C)C)n2cc(C3CCN(C[C@@H]4CC4(F)F)CC3)c(C(F)(F)F)cc2=O)c1F. The average Bonchev–Trinajstić information content (AvgIpc) is 3.68. The number of pyridine rings is 1. The number of terminal acetylenes is 1. The van der Waals surface area contributed by atoms with Crippen LogP contribution in [0.4, 0.5) is 35.1 Å². The van der Waals surface area contributed by atoms with E-state index in [0.717, 1.165) is 29.0 Å². The summed E-state index contributed by atoms with van der Waals surface area (Å²) in [5.41, 5.74) is -3.72. The Morgan fingerprint density at radius 1 is 1.04 bits per heavy atom. The maximum atomic E-state index is 16.6. The lowest BCUT2D eigenvalue weighted by molar-refractivity contribution is -0.139. The number of carbonyl (C=O) groups excluding carboxylic acids is 1. The van der Waals surface area contributed by atoms with Crippen LogP contribution in [-0.4, -0.2) is 52.0 Å². The zero-order valence-electron chi connectivity index (χ0n) is 30.6. The summed E-state index contributed by atoms with van der Waals surface area (Å²) in [4.78, 5) is 41.5. The maximum absolute atomic E-state index is 16.6. The fraction of sp³-hybridized carbons (Fsp3) is 0.475. The molecular weight excluding hydrogens is 738 g/mol. The van der Waals surface area contributed by atoms with Crippen LogP contribution in [0.3, 0.4) is 0 Å². The van der Waals surface area contributed by atoms with E-state index in [9.17, 15) is 45.8 Å². The lowest BCUT2D eigenvalue weighted by Gasteiger charge is -2.34. The number of aryl methyl sites for hydroxylation is 2. The molecule has 1 aliphatic heterocycles. The number of nitrogens with one attached hydrogen (secondary N) is 1. The van der Waals surface area contributed by atoms with E-state index >= 15 is 8.78 Å². The summed E-state index contributed by atoms with van der Waals surface area (Å²) in [5.74, 6) is -8.55. The first-order valence-electron chi connectivity index (χ1n) is 17.8. The second-order valence-corrected chi connectivity index (χ2v) is 15.0. The van der Waals surface area contributed by atoms with Crippen LogP contribution in [-0.2, 0) is 15.8 Å². The van der Waals surface area contributed by atoms with Crippen molar-refractivity contribution < 1.29 is 49.8 Å². The molecule has 3 aromatic rings. The Balaban J connectivity index is 1.56. The van der Waals surface area contributed by atoms with Gasteiger partial charge in [0.05, 0.1) is 23.6 Å². The smallest absolute Gasteiger partial charge is 0.416 e. The van der Waals surface area contributed by atoms with E-state index in [1.165, 1.54) is 13.8 Å². The summed E-state index contributed by atoms with van der Waals surface area (Å²) in [6.07, 6.45) is 0.387. The van der Waals surface area contributed by atoms with Gasteiger partial charge in [-0.15, -0.1) is 6.42 Å². The number of likely N-dealkylation sites (tertiary alicyclic amines) is 1. The highest BCUT2D eigenvalue weighted by atomic mass is 19.4. The molecule has 3 atom stereocenters. The number of alkyl halides is 5. The zero-order valence-corrected chi connectivity index (χ0v) is 30.6. The Labute approximate surface area is 312 Å². The van der Waals surface area contributed by atoms with Crippen molar-refractivity contribution >= 4 is 11.9 Å². The third kappa shape index (κ3) is 9.06. The molecule has 2 heterocycles. The number of nitrogens with zero attached hydrogens (tertiary/aromatic N) is 2. The minimum atomic E-state index is -4.96. The molecule has 1 aromatic heterocycles. The van der Waals surface area contributed by atoms with Gasteiger partial charge in [0, 0.05) is 42.3 Å². The van der Waals surface area contributed by atoms with Gasteiger partial charge in [-0.05, 0) is 98.5 Å². The lowest BCUT2D eigenvalue weighted by atomic mass is 9.87. The maximum Gasteiger partial charge on any atom is 0.416 e. The lowest BCUT2D eigenvalue weighted by Crippen LogP contribution is -2.41. The van der Waals surface area contributed by atoms with Crippen molar-refractivity contribution in [3.05, 3.63) is 91.6 Å². The summed E-state index contributed by atoms with van der Waals surface area (Å²) in [6.45, 7) is 6.85. The van der Waals surface area contributed by atoms with Gasteiger partial charge in [0.25, 0.3) is 11.5 Å². The van der Waals surface area contributed by atoms with Gasteiger partial charge < -0.3 is 19.9 Å². The molecule has 1 saturated heterocycles. The predicted molar refractivity (Wildman–Crippen MR) is 188 cm³/mol. The Morgan fingerprint density at radius 3 is 2.15 bits per heavy atom. The molecule has 55 heavy (non-hydrogen) atoms. The number of aliphatic carboxylic acids is 1. The molecule has 2 aromatic carbocycles. The Hall–Kier alpha value is -4.71. The largest absolute Gasteiger partial charge is 0.481 e. The summed E-state index contributed by atoms with van der Waals surface area (Å²) < 4.78 is 118. The first-order valence-corrected chi connectivity index (χ1v) is 17.8. The summed E-state index contributed by atoms with van der Waals surface area (Å²) in [7, 11) is 0. The van der Waals surface area contributed by atoms with Crippen molar-refractivity contribution in [1.29, 1.82) is 0 Å². The van der Waals surface area contributed by atoms with Crippen molar-refractivity contribution in [2.24, 2.45) is 11.8 Å². The van der Waals surface area contributed by atoms with Crippen LogP contribution in [0.2, 0.25) is 0 Å². The van der Waals surface area contributed by atoms with E-state index in [1.807, 2.05) is 0 Å². The molecule has 0 spiro atoms. The molecule has 2 aliphatic rings. The number of benzene rings is 2. The second-order valence-electron chi connectivity index (χ2n) is 15.0. The molecular formula is C40H41F8N3O4. The molecule has 1 amide bonds. The van der Waals surface area contributed by atoms with Crippen molar-refractivity contribution in [2.75, 3.05) is 19.6 Å². The molecule has 0 unspecified atom stereocenters. The van der Waals surface area contributed by atoms with Gasteiger partial charge in [-0.1, -0.05) is 19.8 Å². The molecule has 1 aliphatic carbocycles. The topological polar surface area (TPSA) is 91.6 Å². The number of piperidine rings is 1. The molecule has 296 valence electrons. The minimum absolute atomic E-state index is 0.107. The minimum Gasteiger partial charge on any atom is -0.481 e. The van der Waals surface area contributed by atoms with Crippen LogP contribution in [0.15, 0.2) is 35.3 Å². The quantitative estimate of drug-likeness (QED) is 0.143. The number of hydrogen-bond donors (Lipinski definition) is 2. The molecule has 0 radical (unpaired) electrons. The number of amides is 1. The number of halogens is 8. The zero-order chi connectivity index (χ0) is 40.7. The standard InChI is InChI=1S/C40H41F8N3O4/c1-6-23-14-27(34-21(4)12-26(41)13-22(34)5)37(43)35(36(23)42)30(16-33(53)54)49-38(55)31(11-20(2)3)51-19-28(29(15-32(51)52)40(46,47)48)24-7-9-50(10-8-24)18-25-17-39(25,44)45/h1,12-15,19-20,24-25,30-31H,7-11,16-18H2,2-5H3,(H,49,55)(H,53,54)/t25-,30-,31+/m0/s1. The van der Waals surface area contributed by atoms with Gasteiger partial charge in [0.1, 0.15) is 23.5 Å². The van der Waals surface area contributed by atoms with E-state index < -0.39 is 94.0 Å². The predicted octanol–water partition coefficient (Wildman–Crippen LogP) is 8.30. The van der Waals surface area contributed by atoms with Crippen LogP contribution in [0.25, 0.3) is 11.1 Å². The molecule has 7 nitrogen and oxygen atoms in total. The van der Waals surface area contributed by atoms with Crippen molar-refractivity contribution in [3.8, 4) is 23.5 Å². The Morgan fingerprint density at radius 2 is 1.64 bits per heavy atom. The number of aromatic nitrogens is 1. The van der Waals surface area contributed by atoms with Gasteiger partial charge in [-0.25, -0.2) is 22.0 Å². The summed E-state index contributed by atoms with van der Waals surface area (Å²) in [5, 5.41) is 12.2. The number of rotatable bonds is 12. The van der Waals surface area contributed by atoms with Gasteiger partial charge in [0.2, 0.25) is 5.91 Å². The monoisotopic (exact) mass is 779 g/mol. The number of carboxylic acid groups (broad SMARTS) is 1. The van der Waals surface area contributed by atoms with Gasteiger partial charge in [0.15, 0.2) is 0 Å².